The molecule has 1 rings (SSSR count). The van der Waals surface area contributed by atoms with Gasteiger partial charge in [0.05, 0.1) is 6.04 Å². The molecule has 1 heterocycles. The summed E-state index contributed by atoms with van der Waals surface area (Å²) in [6.07, 6.45) is 5.06. The van der Waals surface area contributed by atoms with Crippen molar-refractivity contribution < 1.29 is 4.79 Å². The Morgan fingerprint density at radius 3 is 2.85 bits per heavy atom. The van der Waals surface area contributed by atoms with Gasteiger partial charge in [-0.25, -0.2) is 0 Å². The van der Waals surface area contributed by atoms with Crippen LogP contribution < -0.4 is 10.6 Å². The Morgan fingerprint density at radius 2 is 2.38 bits per heavy atom. The maximum Gasteiger partial charge on any atom is 0.237 e. The Labute approximate surface area is 79.6 Å². The number of allylic oxidation sites excluding steroid dienone is 1. The molecule has 0 aromatic heterocycles. The minimum atomic E-state index is 0.0625. The maximum atomic E-state index is 11.3. The summed E-state index contributed by atoms with van der Waals surface area (Å²) in [6.45, 7) is 5.85. The molecular formula is C10H18N2O. The zero-order chi connectivity index (χ0) is 9.68. The van der Waals surface area contributed by atoms with E-state index >= 15 is 0 Å². The Hall–Kier alpha value is -0.830. The van der Waals surface area contributed by atoms with E-state index in [1.54, 1.807) is 0 Å². The Kier molecular flexibility index (Phi) is 3.96. The third kappa shape index (κ3) is 3.59. The first-order valence-corrected chi connectivity index (χ1v) is 4.88. The molecular weight excluding hydrogens is 164 g/mol. The highest BCUT2D eigenvalue weighted by atomic mass is 16.2. The second-order valence-corrected chi connectivity index (χ2v) is 3.71. The highest BCUT2D eigenvalue weighted by molar-refractivity contribution is 5.82. The van der Waals surface area contributed by atoms with Crippen molar-refractivity contribution in [2.45, 2.75) is 26.3 Å². The van der Waals surface area contributed by atoms with Gasteiger partial charge in [-0.3, -0.25) is 4.79 Å². The van der Waals surface area contributed by atoms with E-state index < -0.39 is 0 Å². The van der Waals surface area contributed by atoms with Gasteiger partial charge in [-0.05, 0) is 18.9 Å². The van der Waals surface area contributed by atoms with E-state index in [2.05, 4.69) is 30.6 Å². The van der Waals surface area contributed by atoms with E-state index in [4.69, 9.17) is 0 Å². The van der Waals surface area contributed by atoms with E-state index in [-0.39, 0.29) is 11.9 Å². The number of nitrogens with one attached hydrogen (secondary N) is 2. The lowest BCUT2D eigenvalue weighted by Gasteiger charge is -2.25. The van der Waals surface area contributed by atoms with Crippen LogP contribution in [0.4, 0.5) is 0 Å². The van der Waals surface area contributed by atoms with Crippen molar-refractivity contribution in [2.24, 2.45) is 5.92 Å². The Bertz CT molecular complexity index is 195. The van der Waals surface area contributed by atoms with Crippen molar-refractivity contribution in [2.75, 3.05) is 13.1 Å². The quantitative estimate of drug-likeness (QED) is 0.628. The van der Waals surface area contributed by atoms with Gasteiger partial charge >= 0.3 is 0 Å². The molecule has 2 N–H and O–H groups in total. The fourth-order valence-electron chi connectivity index (χ4n) is 1.14. The fourth-order valence-corrected chi connectivity index (χ4v) is 1.14. The SMILES string of the molecule is CC(C)/C=C/CNC(=O)[C@@H]1CCN1. The summed E-state index contributed by atoms with van der Waals surface area (Å²) in [5, 5.41) is 5.91. The van der Waals surface area contributed by atoms with E-state index in [1.807, 2.05) is 6.08 Å². The third-order valence-electron chi connectivity index (χ3n) is 2.06. The zero-order valence-corrected chi connectivity index (χ0v) is 8.34. The molecule has 1 fully saturated rings. The van der Waals surface area contributed by atoms with E-state index in [1.165, 1.54) is 0 Å². The Balaban J connectivity index is 2.08. The number of hydrogen-bond acceptors (Lipinski definition) is 2. The van der Waals surface area contributed by atoms with Crippen LogP contribution in [0.25, 0.3) is 0 Å². The molecule has 3 nitrogen and oxygen atoms in total. The van der Waals surface area contributed by atoms with Gasteiger partial charge in [-0.2, -0.15) is 0 Å². The molecule has 0 aliphatic carbocycles. The predicted molar refractivity (Wildman–Crippen MR) is 53.4 cm³/mol. The molecule has 3 heteroatoms. The average Bonchev–Trinajstić information content (AvgIpc) is 1.94. The Morgan fingerprint density at radius 1 is 1.69 bits per heavy atom. The number of rotatable bonds is 4. The van der Waals surface area contributed by atoms with Gasteiger partial charge in [0.1, 0.15) is 0 Å². The molecule has 0 bridgehead atoms. The second kappa shape index (κ2) is 5.02. The van der Waals surface area contributed by atoms with Crippen molar-refractivity contribution in [3.05, 3.63) is 12.2 Å². The van der Waals surface area contributed by atoms with Crippen molar-refractivity contribution in [1.29, 1.82) is 0 Å². The van der Waals surface area contributed by atoms with Gasteiger partial charge in [-0.15, -0.1) is 0 Å². The summed E-state index contributed by atoms with van der Waals surface area (Å²) in [7, 11) is 0. The number of hydrogen-bond donors (Lipinski definition) is 2. The summed E-state index contributed by atoms with van der Waals surface area (Å²) in [4.78, 5) is 11.3. The topological polar surface area (TPSA) is 41.1 Å². The highest BCUT2D eigenvalue weighted by Crippen LogP contribution is 2.00. The fraction of sp³-hybridized carbons (Fsp3) is 0.700. The minimum Gasteiger partial charge on any atom is -0.351 e. The number of carbonyl (C=O) groups is 1. The standard InChI is InChI=1S/C10H18N2O/c1-8(2)4-3-6-12-10(13)9-5-7-11-9/h3-4,8-9,11H,5-7H2,1-2H3,(H,12,13)/b4-3+/t9-/m0/s1. The van der Waals surface area contributed by atoms with Crippen LogP contribution in [-0.4, -0.2) is 25.0 Å². The molecule has 0 unspecified atom stereocenters. The summed E-state index contributed by atoms with van der Waals surface area (Å²) >= 11 is 0. The monoisotopic (exact) mass is 182 g/mol. The van der Waals surface area contributed by atoms with E-state index in [0.29, 0.717) is 12.5 Å². The van der Waals surface area contributed by atoms with Crippen LogP contribution in [0.3, 0.4) is 0 Å². The lowest BCUT2D eigenvalue weighted by molar-refractivity contribution is -0.124. The largest absolute Gasteiger partial charge is 0.351 e. The van der Waals surface area contributed by atoms with Crippen LogP contribution >= 0.6 is 0 Å². The smallest absolute Gasteiger partial charge is 0.237 e. The summed E-state index contributed by atoms with van der Waals surface area (Å²) in [5.41, 5.74) is 0. The molecule has 0 aromatic rings. The zero-order valence-electron chi connectivity index (χ0n) is 8.34. The first kappa shape index (κ1) is 10.3. The molecule has 1 aliphatic heterocycles. The molecule has 1 amide bonds. The van der Waals surface area contributed by atoms with Crippen LogP contribution in [0.1, 0.15) is 20.3 Å². The van der Waals surface area contributed by atoms with Crippen molar-refractivity contribution in [3.63, 3.8) is 0 Å². The van der Waals surface area contributed by atoms with E-state index in [0.717, 1.165) is 13.0 Å². The first-order valence-electron chi connectivity index (χ1n) is 4.88. The predicted octanol–water partition coefficient (Wildman–Crippen LogP) is 0.677. The molecule has 1 aliphatic rings. The summed E-state index contributed by atoms with van der Waals surface area (Å²) < 4.78 is 0. The molecule has 1 atom stereocenters. The van der Waals surface area contributed by atoms with Crippen LogP contribution in [-0.2, 0) is 4.79 Å². The summed E-state index contributed by atoms with van der Waals surface area (Å²) in [5.74, 6) is 0.679. The lowest BCUT2D eigenvalue weighted by atomic mass is 10.1. The first-order chi connectivity index (χ1) is 6.20. The van der Waals surface area contributed by atoms with Gasteiger partial charge in [0.2, 0.25) is 5.91 Å². The van der Waals surface area contributed by atoms with Crippen LogP contribution in [0.2, 0.25) is 0 Å². The molecule has 0 radical (unpaired) electrons. The number of carbonyl (C=O) groups excluding carboxylic acids is 1. The van der Waals surface area contributed by atoms with Gasteiger partial charge in [0.25, 0.3) is 0 Å². The molecule has 0 aromatic carbocycles. The summed E-state index contributed by atoms with van der Waals surface area (Å²) in [6, 6.07) is 0.0625. The van der Waals surface area contributed by atoms with Gasteiger partial charge in [0.15, 0.2) is 0 Å². The maximum absolute atomic E-state index is 11.3. The van der Waals surface area contributed by atoms with Crippen LogP contribution in [0.5, 0.6) is 0 Å². The highest BCUT2D eigenvalue weighted by Gasteiger charge is 2.23. The molecule has 0 spiro atoms. The van der Waals surface area contributed by atoms with E-state index in [9.17, 15) is 4.79 Å². The van der Waals surface area contributed by atoms with Crippen LogP contribution in [0.15, 0.2) is 12.2 Å². The third-order valence-corrected chi connectivity index (χ3v) is 2.06. The minimum absolute atomic E-state index is 0.0625. The van der Waals surface area contributed by atoms with Crippen LogP contribution in [0, 0.1) is 5.92 Å². The molecule has 13 heavy (non-hydrogen) atoms. The van der Waals surface area contributed by atoms with Gasteiger partial charge < -0.3 is 10.6 Å². The normalized spacial score (nSPS) is 21.9. The van der Waals surface area contributed by atoms with Crippen molar-refractivity contribution in [1.82, 2.24) is 10.6 Å². The van der Waals surface area contributed by atoms with Gasteiger partial charge in [-0.1, -0.05) is 26.0 Å². The van der Waals surface area contributed by atoms with Gasteiger partial charge in [0, 0.05) is 6.54 Å². The lowest BCUT2D eigenvalue weighted by Crippen LogP contribution is -2.53. The van der Waals surface area contributed by atoms with Crippen molar-refractivity contribution in [3.8, 4) is 0 Å². The van der Waals surface area contributed by atoms with Crippen molar-refractivity contribution >= 4 is 5.91 Å². The molecule has 1 saturated heterocycles. The molecule has 0 saturated carbocycles. The number of amides is 1. The molecule has 74 valence electrons. The average molecular weight is 182 g/mol. The second-order valence-electron chi connectivity index (χ2n) is 3.71.